The number of nitrogens with two attached hydrogens (primary N) is 1. The van der Waals surface area contributed by atoms with E-state index in [9.17, 15) is 14.4 Å². The number of primary amides is 1. The Morgan fingerprint density at radius 2 is 1.95 bits per heavy atom. The van der Waals surface area contributed by atoms with E-state index in [-0.39, 0.29) is 11.5 Å². The summed E-state index contributed by atoms with van der Waals surface area (Å²) in [7, 11) is 0. The molecule has 0 heterocycles. The molecule has 0 aliphatic heterocycles. The van der Waals surface area contributed by atoms with Crippen LogP contribution in [0.25, 0.3) is 0 Å². The Morgan fingerprint density at radius 3 is 2.53 bits per heavy atom. The van der Waals surface area contributed by atoms with Gasteiger partial charge in [0.05, 0.1) is 11.3 Å². The molecule has 2 N–H and O–H groups in total. The average molecular weight is 281 g/mol. The third-order valence-electron chi connectivity index (χ3n) is 2.22. The second-order valence-electron chi connectivity index (χ2n) is 3.94. The van der Waals surface area contributed by atoms with Gasteiger partial charge in [-0.2, -0.15) is 0 Å². The van der Waals surface area contributed by atoms with Crippen LogP contribution in [0.1, 0.15) is 24.2 Å². The second-order valence-corrected chi connectivity index (χ2v) is 4.95. The van der Waals surface area contributed by atoms with Gasteiger partial charge in [-0.15, -0.1) is 11.8 Å². The van der Waals surface area contributed by atoms with Gasteiger partial charge in [-0.3, -0.25) is 9.59 Å². The number of carbonyl (C=O) groups excluding carboxylic acids is 3. The van der Waals surface area contributed by atoms with E-state index in [0.29, 0.717) is 10.5 Å². The summed E-state index contributed by atoms with van der Waals surface area (Å²) in [5, 5.41) is 0. The predicted octanol–water partition coefficient (Wildman–Crippen LogP) is 1.40. The lowest BCUT2D eigenvalue weighted by Gasteiger charge is -2.11. The third kappa shape index (κ3) is 4.75. The molecule has 6 heteroatoms. The highest BCUT2D eigenvalue weighted by molar-refractivity contribution is 8.00. The molecule has 1 atom stereocenters. The summed E-state index contributed by atoms with van der Waals surface area (Å²) < 4.78 is 4.93. The van der Waals surface area contributed by atoms with E-state index in [0.717, 1.165) is 0 Å². The minimum atomic E-state index is -0.988. The summed E-state index contributed by atoms with van der Waals surface area (Å²) in [5.74, 6) is -1.05. The first-order valence-corrected chi connectivity index (χ1v) is 6.62. The lowest BCUT2D eigenvalue weighted by Crippen LogP contribution is -2.30. The van der Waals surface area contributed by atoms with Crippen LogP contribution in [0.4, 0.5) is 0 Å². The Balaban J connectivity index is 2.84. The second kappa shape index (κ2) is 6.94. The molecule has 1 aromatic rings. The fourth-order valence-electron chi connectivity index (χ4n) is 1.22. The molecule has 0 bridgehead atoms. The molecule has 1 rings (SSSR count). The van der Waals surface area contributed by atoms with Gasteiger partial charge < -0.3 is 10.5 Å². The largest absolute Gasteiger partial charge is 0.449 e. The zero-order chi connectivity index (χ0) is 14.4. The van der Waals surface area contributed by atoms with E-state index in [1.165, 1.54) is 25.6 Å². The Morgan fingerprint density at radius 1 is 1.32 bits per heavy atom. The molecule has 1 amide bonds. The standard InChI is InChI=1S/C13H15NO4S/c1-8(15)7-19-11-6-4-3-5-10(11)13(17)18-9(2)12(14)16/h3-6,9H,7H2,1-2H3,(H2,14,16)/t9-/m0/s1. The lowest BCUT2D eigenvalue weighted by molar-refractivity contribution is -0.125. The predicted molar refractivity (Wildman–Crippen MR) is 71.9 cm³/mol. The number of rotatable bonds is 6. The van der Waals surface area contributed by atoms with Crippen molar-refractivity contribution in [1.29, 1.82) is 0 Å². The molecule has 102 valence electrons. The maximum absolute atomic E-state index is 11.9. The van der Waals surface area contributed by atoms with Crippen LogP contribution < -0.4 is 5.73 Å². The smallest absolute Gasteiger partial charge is 0.340 e. The van der Waals surface area contributed by atoms with Crippen LogP contribution in [-0.4, -0.2) is 29.5 Å². The summed E-state index contributed by atoms with van der Waals surface area (Å²) in [6.45, 7) is 2.88. The van der Waals surface area contributed by atoms with Crippen molar-refractivity contribution in [2.24, 2.45) is 5.73 Å². The van der Waals surface area contributed by atoms with Gasteiger partial charge in [0.1, 0.15) is 5.78 Å². The number of hydrogen-bond acceptors (Lipinski definition) is 5. The number of Topliss-reactive ketones (excluding diaryl/α,β-unsaturated/α-hetero) is 1. The molecule has 19 heavy (non-hydrogen) atoms. The van der Waals surface area contributed by atoms with E-state index >= 15 is 0 Å². The first-order chi connectivity index (χ1) is 8.91. The highest BCUT2D eigenvalue weighted by Crippen LogP contribution is 2.23. The molecule has 0 aliphatic carbocycles. The van der Waals surface area contributed by atoms with Crippen molar-refractivity contribution in [2.45, 2.75) is 24.8 Å². The molecule has 1 aromatic carbocycles. The van der Waals surface area contributed by atoms with Crippen LogP contribution in [-0.2, 0) is 14.3 Å². The van der Waals surface area contributed by atoms with Gasteiger partial charge in [-0.1, -0.05) is 12.1 Å². The number of carbonyl (C=O) groups is 3. The van der Waals surface area contributed by atoms with Crippen LogP contribution in [0.3, 0.4) is 0 Å². The molecular weight excluding hydrogens is 266 g/mol. The average Bonchev–Trinajstić information content (AvgIpc) is 2.36. The summed E-state index contributed by atoms with van der Waals surface area (Å²) in [4.78, 5) is 34.4. The van der Waals surface area contributed by atoms with E-state index < -0.39 is 18.0 Å². The van der Waals surface area contributed by atoms with Crippen molar-refractivity contribution in [2.75, 3.05) is 5.75 Å². The molecule has 0 radical (unpaired) electrons. The maximum Gasteiger partial charge on any atom is 0.340 e. The highest BCUT2D eigenvalue weighted by Gasteiger charge is 2.18. The summed E-state index contributed by atoms with van der Waals surface area (Å²) in [6, 6.07) is 6.75. The normalized spacial score (nSPS) is 11.7. The number of ketones is 1. The summed E-state index contributed by atoms with van der Waals surface area (Å²) >= 11 is 1.25. The SMILES string of the molecule is CC(=O)CSc1ccccc1C(=O)O[C@@H](C)C(N)=O. The number of esters is 1. The van der Waals surface area contributed by atoms with E-state index in [1.807, 2.05) is 0 Å². The van der Waals surface area contributed by atoms with Crippen LogP contribution in [0.15, 0.2) is 29.2 Å². The van der Waals surface area contributed by atoms with Crippen molar-refractivity contribution in [3.63, 3.8) is 0 Å². The zero-order valence-corrected chi connectivity index (χ0v) is 11.5. The van der Waals surface area contributed by atoms with Gasteiger partial charge in [0.25, 0.3) is 5.91 Å². The molecule has 0 aliphatic rings. The van der Waals surface area contributed by atoms with Crippen molar-refractivity contribution < 1.29 is 19.1 Å². The fraction of sp³-hybridized carbons (Fsp3) is 0.308. The highest BCUT2D eigenvalue weighted by atomic mass is 32.2. The van der Waals surface area contributed by atoms with Crippen LogP contribution in [0, 0.1) is 0 Å². The number of thioether (sulfide) groups is 1. The Bertz CT molecular complexity index is 501. The molecule has 0 fully saturated rings. The Kier molecular flexibility index (Phi) is 5.57. The third-order valence-corrected chi connectivity index (χ3v) is 3.44. The minimum absolute atomic E-state index is 0.0127. The molecule has 0 aromatic heterocycles. The van der Waals surface area contributed by atoms with Gasteiger partial charge in [0.15, 0.2) is 6.10 Å². The Labute approximate surface area is 115 Å². The van der Waals surface area contributed by atoms with Crippen molar-refractivity contribution in [3.8, 4) is 0 Å². The van der Waals surface area contributed by atoms with Crippen molar-refractivity contribution in [1.82, 2.24) is 0 Å². The first-order valence-electron chi connectivity index (χ1n) is 5.63. The number of ether oxygens (including phenoxy) is 1. The van der Waals surface area contributed by atoms with Crippen molar-refractivity contribution in [3.05, 3.63) is 29.8 Å². The van der Waals surface area contributed by atoms with Crippen LogP contribution in [0.5, 0.6) is 0 Å². The number of hydrogen-bond donors (Lipinski definition) is 1. The van der Waals surface area contributed by atoms with E-state index in [1.54, 1.807) is 24.3 Å². The number of benzene rings is 1. The summed E-state index contributed by atoms with van der Waals surface area (Å²) in [6.07, 6.45) is -0.988. The van der Waals surface area contributed by atoms with Crippen molar-refractivity contribution >= 4 is 29.4 Å². The summed E-state index contributed by atoms with van der Waals surface area (Å²) in [5.41, 5.74) is 5.35. The molecule has 0 saturated heterocycles. The minimum Gasteiger partial charge on any atom is -0.449 e. The monoisotopic (exact) mass is 281 g/mol. The zero-order valence-electron chi connectivity index (χ0n) is 10.7. The van der Waals surface area contributed by atoms with E-state index in [2.05, 4.69) is 0 Å². The first kappa shape index (κ1) is 15.2. The number of amides is 1. The Hall–Kier alpha value is -1.82. The topological polar surface area (TPSA) is 86.5 Å². The molecule has 5 nitrogen and oxygen atoms in total. The van der Waals surface area contributed by atoms with E-state index in [4.69, 9.17) is 10.5 Å². The van der Waals surface area contributed by atoms with Gasteiger partial charge in [0.2, 0.25) is 0 Å². The van der Waals surface area contributed by atoms with Crippen LogP contribution in [0.2, 0.25) is 0 Å². The fourth-order valence-corrected chi connectivity index (χ4v) is 2.06. The molecule has 0 spiro atoms. The molecule has 0 unspecified atom stereocenters. The van der Waals surface area contributed by atoms with Crippen LogP contribution >= 0.6 is 11.8 Å². The molecular formula is C13H15NO4S. The molecule has 0 saturated carbocycles. The van der Waals surface area contributed by atoms with Gasteiger partial charge >= 0.3 is 5.97 Å². The quantitative estimate of drug-likeness (QED) is 0.629. The van der Waals surface area contributed by atoms with Gasteiger partial charge in [-0.05, 0) is 26.0 Å². The van der Waals surface area contributed by atoms with Gasteiger partial charge in [0, 0.05) is 4.90 Å². The van der Waals surface area contributed by atoms with Gasteiger partial charge in [-0.25, -0.2) is 4.79 Å². The lowest BCUT2D eigenvalue weighted by atomic mass is 10.2. The maximum atomic E-state index is 11.9.